The van der Waals surface area contributed by atoms with Crippen molar-refractivity contribution in [2.24, 2.45) is 21.9 Å². The molecule has 2 fully saturated rings. The van der Waals surface area contributed by atoms with Crippen molar-refractivity contribution in [3.8, 4) is 0 Å². The first-order chi connectivity index (χ1) is 12.4. The monoisotopic (exact) mass is 394 g/mol. The molecule has 1 saturated carbocycles. The maximum absolute atomic E-state index is 6.34. The molecule has 1 atom stereocenters. The van der Waals surface area contributed by atoms with E-state index in [1.54, 1.807) is 13.0 Å². The minimum Gasteiger partial charge on any atom is -0.401 e. The zero-order chi connectivity index (χ0) is 19.2. The van der Waals surface area contributed by atoms with E-state index in [2.05, 4.69) is 28.8 Å². The number of hydrogen-bond acceptors (Lipinski definition) is 5. The molecule has 4 N–H and O–H groups in total. The van der Waals surface area contributed by atoms with Gasteiger partial charge in [0.2, 0.25) is 0 Å². The molecule has 0 bridgehead atoms. The summed E-state index contributed by atoms with van der Waals surface area (Å²) in [5, 5.41) is 2.62. The Morgan fingerprint density at radius 2 is 2.08 bits per heavy atom. The number of allylic oxidation sites excluding steroid dienone is 4. The van der Waals surface area contributed by atoms with Crippen molar-refractivity contribution >= 4 is 29.6 Å². The highest BCUT2D eigenvalue weighted by atomic mass is 35.5. The van der Waals surface area contributed by atoms with Gasteiger partial charge in [-0.1, -0.05) is 42.9 Å². The van der Waals surface area contributed by atoms with Crippen LogP contribution in [0.3, 0.4) is 0 Å². The van der Waals surface area contributed by atoms with E-state index in [9.17, 15) is 0 Å². The molecule has 144 valence electrons. The molecule has 1 heterocycles. The van der Waals surface area contributed by atoms with Gasteiger partial charge in [0.25, 0.3) is 0 Å². The summed E-state index contributed by atoms with van der Waals surface area (Å²) in [6.45, 7) is 9.65. The van der Waals surface area contributed by atoms with Crippen molar-refractivity contribution in [2.45, 2.75) is 52.0 Å². The molecule has 0 aromatic heterocycles. The number of hydrogen-bond donors (Lipinski definition) is 2. The van der Waals surface area contributed by atoms with Gasteiger partial charge in [0.05, 0.1) is 5.03 Å². The van der Waals surface area contributed by atoms with Crippen LogP contribution in [0.2, 0.25) is 0 Å². The Balaban J connectivity index is 2.13. The van der Waals surface area contributed by atoms with Gasteiger partial charge in [0.15, 0.2) is 0 Å². The van der Waals surface area contributed by atoms with Crippen LogP contribution in [-0.4, -0.2) is 30.2 Å². The van der Waals surface area contributed by atoms with Crippen molar-refractivity contribution in [1.82, 2.24) is 4.90 Å². The SMILES string of the molecule is C=C/C=C(S/C=C(\N=C/CC)N1CCC2(CCC2N)CC1)\C(Cl)=C(/C)N. The average Bonchev–Trinajstić information content (AvgIpc) is 2.65. The van der Waals surface area contributed by atoms with Crippen molar-refractivity contribution in [2.75, 3.05) is 13.1 Å². The molecule has 2 rings (SSSR count). The van der Waals surface area contributed by atoms with Crippen molar-refractivity contribution in [3.05, 3.63) is 45.6 Å². The Labute approximate surface area is 167 Å². The second kappa shape index (κ2) is 9.67. The minimum absolute atomic E-state index is 0.375. The Hall–Kier alpha value is -1.17. The molecule has 0 aromatic carbocycles. The van der Waals surface area contributed by atoms with E-state index in [4.69, 9.17) is 23.1 Å². The van der Waals surface area contributed by atoms with E-state index in [-0.39, 0.29) is 0 Å². The van der Waals surface area contributed by atoms with Crippen LogP contribution in [0.1, 0.15) is 46.0 Å². The fraction of sp³-hybridized carbons (Fsp3) is 0.550. The summed E-state index contributed by atoms with van der Waals surface area (Å²) in [4.78, 5) is 7.91. The number of halogens is 1. The van der Waals surface area contributed by atoms with E-state index in [0.717, 1.165) is 43.1 Å². The van der Waals surface area contributed by atoms with Crippen LogP contribution in [0, 0.1) is 5.41 Å². The number of piperidine rings is 1. The van der Waals surface area contributed by atoms with Gasteiger partial charge >= 0.3 is 0 Å². The molecule has 0 amide bonds. The highest BCUT2D eigenvalue weighted by Crippen LogP contribution is 2.48. The number of aliphatic imine (C=N–C) groups is 1. The Kier molecular flexibility index (Phi) is 7.86. The molecular weight excluding hydrogens is 364 g/mol. The lowest BCUT2D eigenvalue weighted by Crippen LogP contribution is -2.55. The molecule has 26 heavy (non-hydrogen) atoms. The van der Waals surface area contributed by atoms with Crippen LogP contribution in [0.25, 0.3) is 0 Å². The summed E-state index contributed by atoms with van der Waals surface area (Å²) >= 11 is 7.87. The molecule has 1 aliphatic heterocycles. The summed E-state index contributed by atoms with van der Waals surface area (Å²) in [7, 11) is 0. The highest BCUT2D eigenvalue weighted by Gasteiger charge is 2.46. The quantitative estimate of drug-likeness (QED) is 0.485. The van der Waals surface area contributed by atoms with Crippen LogP contribution in [-0.2, 0) is 0 Å². The van der Waals surface area contributed by atoms with E-state index >= 15 is 0 Å². The summed E-state index contributed by atoms with van der Waals surface area (Å²) in [5.74, 6) is 0.980. The Morgan fingerprint density at radius 1 is 1.38 bits per heavy atom. The lowest BCUT2D eigenvalue weighted by Gasteiger charge is -2.52. The maximum atomic E-state index is 6.34. The average molecular weight is 395 g/mol. The second-order valence-corrected chi connectivity index (χ2v) is 8.36. The molecule has 4 nitrogen and oxygen atoms in total. The maximum Gasteiger partial charge on any atom is 0.134 e. The molecule has 2 aliphatic rings. The molecule has 1 spiro atoms. The number of nitrogens with zero attached hydrogens (tertiary/aromatic N) is 2. The first kappa shape index (κ1) is 21.1. The zero-order valence-electron chi connectivity index (χ0n) is 15.9. The fourth-order valence-electron chi connectivity index (χ4n) is 3.47. The smallest absolute Gasteiger partial charge is 0.134 e. The van der Waals surface area contributed by atoms with Crippen molar-refractivity contribution in [1.29, 1.82) is 0 Å². The molecule has 1 saturated heterocycles. The summed E-state index contributed by atoms with van der Waals surface area (Å²) in [6, 6.07) is 0.379. The third-order valence-corrected chi connectivity index (χ3v) is 6.89. The Morgan fingerprint density at radius 3 is 2.54 bits per heavy atom. The van der Waals surface area contributed by atoms with E-state index in [0.29, 0.717) is 22.2 Å². The van der Waals surface area contributed by atoms with Gasteiger partial charge in [0, 0.05) is 41.4 Å². The number of thioether (sulfide) groups is 1. The van der Waals surface area contributed by atoms with Gasteiger partial charge in [0.1, 0.15) is 5.82 Å². The predicted octanol–water partition coefficient (Wildman–Crippen LogP) is 4.70. The number of likely N-dealkylation sites (tertiary alicyclic amines) is 1. The third kappa shape index (κ3) is 4.96. The molecule has 0 radical (unpaired) electrons. The fourth-order valence-corrected chi connectivity index (χ4v) is 4.55. The predicted molar refractivity (Wildman–Crippen MR) is 116 cm³/mol. The minimum atomic E-state index is 0.375. The van der Waals surface area contributed by atoms with Crippen LogP contribution in [0.5, 0.6) is 0 Å². The lowest BCUT2D eigenvalue weighted by molar-refractivity contribution is 0.0202. The van der Waals surface area contributed by atoms with Crippen LogP contribution >= 0.6 is 23.4 Å². The van der Waals surface area contributed by atoms with Crippen LogP contribution < -0.4 is 11.5 Å². The topological polar surface area (TPSA) is 67.6 Å². The van der Waals surface area contributed by atoms with Gasteiger partial charge in [-0.3, -0.25) is 0 Å². The summed E-state index contributed by atoms with van der Waals surface area (Å²) in [6.07, 6.45) is 11.2. The van der Waals surface area contributed by atoms with Crippen LogP contribution in [0.4, 0.5) is 0 Å². The first-order valence-corrected chi connectivity index (χ1v) is 10.5. The highest BCUT2D eigenvalue weighted by molar-refractivity contribution is 8.06. The summed E-state index contributed by atoms with van der Waals surface area (Å²) in [5.41, 5.74) is 13.1. The van der Waals surface area contributed by atoms with E-state index in [1.165, 1.54) is 24.6 Å². The van der Waals surface area contributed by atoms with Gasteiger partial charge in [-0.25, -0.2) is 4.99 Å². The van der Waals surface area contributed by atoms with Gasteiger partial charge < -0.3 is 16.4 Å². The van der Waals surface area contributed by atoms with E-state index in [1.807, 2.05) is 12.3 Å². The second-order valence-electron chi connectivity index (χ2n) is 7.07. The first-order valence-electron chi connectivity index (χ1n) is 9.28. The number of nitrogens with two attached hydrogens (primary N) is 2. The lowest BCUT2D eigenvalue weighted by atomic mass is 9.60. The third-order valence-electron chi connectivity index (χ3n) is 5.35. The molecule has 1 unspecified atom stereocenters. The molecule has 6 heteroatoms. The molecular formula is C20H31ClN4S. The standard InChI is InChI=1S/C20H31ClN4S/c1-4-6-16(19(21)15(3)22)26-14-18(24-11-5-2)25-12-9-20(10-13-25)8-7-17(20)23/h4,6,11,14,17H,1,5,7-10,12-13,22-23H2,2-3H3/b16-6+,18-14+,19-15-,24-11-. The largest absolute Gasteiger partial charge is 0.401 e. The van der Waals surface area contributed by atoms with Gasteiger partial charge in [-0.2, -0.15) is 0 Å². The van der Waals surface area contributed by atoms with Gasteiger partial charge in [-0.15, -0.1) is 0 Å². The van der Waals surface area contributed by atoms with Crippen molar-refractivity contribution in [3.63, 3.8) is 0 Å². The number of rotatable bonds is 7. The summed E-state index contributed by atoms with van der Waals surface area (Å²) < 4.78 is 0. The van der Waals surface area contributed by atoms with Gasteiger partial charge in [-0.05, 0) is 50.5 Å². The Bertz CT molecular complexity index is 624. The van der Waals surface area contributed by atoms with Crippen molar-refractivity contribution < 1.29 is 0 Å². The normalized spacial score (nSPS) is 24.6. The zero-order valence-corrected chi connectivity index (χ0v) is 17.5. The molecule has 1 aliphatic carbocycles. The van der Waals surface area contributed by atoms with E-state index < -0.39 is 0 Å². The van der Waals surface area contributed by atoms with Crippen LogP contribution in [0.15, 0.2) is 50.6 Å². The molecule has 0 aromatic rings.